The molecule has 0 aromatic rings. The van der Waals surface area contributed by atoms with Crippen LogP contribution in [-0.4, -0.2) is 58.7 Å². The van der Waals surface area contributed by atoms with Gasteiger partial charge in [0.2, 0.25) is 17.7 Å². The van der Waals surface area contributed by atoms with E-state index in [0.717, 1.165) is 38.6 Å². The average molecular weight is 305 g/mol. The summed E-state index contributed by atoms with van der Waals surface area (Å²) in [6.07, 6.45) is 4.45. The summed E-state index contributed by atoms with van der Waals surface area (Å²) in [5.74, 6) is -0.177. The molecule has 4 atom stereocenters. The number of nitrogens with one attached hydrogen (secondary N) is 1. The molecule has 3 amide bonds. The van der Waals surface area contributed by atoms with Gasteiger partial charge in [0, 0.05) is 12.5 Å². The van der Waals surface area contributed by atoms with E-state index in [1.165, 1.54) is 4.90 Å². The van der Waals surface area contributed by atoms with Crippen LogP contribution in [0.4, 0.5) is 0 Å². The lowest BCUT2D eigenvalue weighted by molar-refractivity contribution is -0.145. The predicted octanol–water partition coefficient (Wildman–Crippen LogP) is 0.123. The van der Waals surface area contributed by atoms with Crippen LogP contribution in [0.3, 0.4) is 0 Å². The summed E-state index contributed by atoms with van der Waals surface area (Å²) in [4.78, 5) is 41.0. The molecule has 6 heteroatoms. The SMILES string of the molecule is C[C@@H]1C(=O)N(C(=O)C2CC2)[C@H]2CCN(C(=O)[C@@H]3CCCN3)[C@H]12. The first kappa shape index (κ1) is 14.2. The van der Waals surface area contributed by atoms with E-state index in [0.29, 0.717) is 6.54 Å². The first-order chi connectivity index (χ1) is 10.6. The van der Waals surface area contributed by atoms with E-state index in [9.17, 15) is 14.4 Å². The van der Waals surface area contributed by atoms with Crippen molar-refractivity contribution >= 4 is 17.7 Å². The van der Waals surface area contributed by atoms with Gasteiger partial charge in [-0.3, -0.25) is 19.3 Å². The first-order valence-electron chi connectivity index (χ1n) is 8.50. The Kier molecular flexibility index (Phi) is 3.25. The minimum atomic E-state index is -0.263. The zero-order chi connectivity index (χ0) is 15.4. The Morgan fingerprint density at radius 1 is 1.14 bits per heavy atom. The largest absolute Gasteiger partial charge is 0.335 e. The summed E-state index contributed by atoms with van der Waals surface area (Å²) >= 11 is 0. The number of amides is 3. The minimum Gasteiger partial charge on any atom is -0.335 e. The van der Waals surface area contributed by atoms with Crippen molar-refractivity contribution in [1.82, 2.24) is 15.1 Å². The molecule has 3 saturated heterocycles. The van der Waals surface area contributed by atoms with Gasteiger partial charge in [0.15, 0.2) is 0 Å². The molecule has 0 aromatic heterocycles. The van der Waals surface area contributed by atoms with Gasteiger partial charge in [0.05, 0.1) is 24.0 Å². The van der Waals surface area contributed by atoms with Gasteiger partial charge in [0.1, 0.15) is 0 Å². The number of carbonyl (C=O) groups is 3. The third-order valence-electron chi connectivity index (χ3n) is 5.70. The Morgan fingerprint density at radius 2 is 1.91 bits per heavy atom. The van der Waals surface area contributed by atoms with E-state index in [-0.39, 0.29) is 47.7 Å². The molecule has 0 aromatic carbocycles. The molecular weight excluding hydrogens is 282 g/mol. The van der Waals surface area contributed by atoms with Crippen LogP contribution < -0.4 is 5.32 Å². The van der Waals surface area contributed by atoms with Crippen LogP contribution in [0.15, 0.2) is 0 Å². The molecule has 4 rings (SSSR count). The molecule has 0 bridgehead atoms. The Hall–Kier alpha value is -1.43. The Bertz CT molecular complexity index is 525. The number of nitrogens with zero attached hydrogens (tertiary/aromatic N) is 2. The number of fused-ring (bicyclic) bond motifs is 1. The lowest BCUT2D eigenvalue weighted by atomic mass is 10.0. The van der Waals surface area contributed by atoms with Crippen molar-refractivity contribution < 1.29 is 14.4 Å². The maximum Gasteiger partial charge on any atom is 0.240 e. The highest BCUT2D eigenvalue weighted by molar-refractivity contribution is 6.01. The maximum atomic E-state index is 12.7. The van der Waals surface area contributed by atoms with E-state index in [1.807, 2.05) is 11.8 Å². The molecule has 0 spiro atoms. The molecule has 22 heavy (non-hydrogen) atoms. The van der Waals surface area contributed by atoms with Crippen LogP contribution in [0.2, 0.25) is 0 Å². The van der Waals surface area contributed by atoms with Crippen molar-refractivity contribution in [2.24, 2.45) is 11.8 Å². The van der Waals surface area contributed by atoms with Gasteiger partial charge in [0.25, 0.3) is 0 Å². The molecule has 1 saturated carbocycles. The second kappa shape index (κ2) is 5.05. The van der Waals surface area contributed by atoms with E-state index in [1.54, 1.807) is 0 Å². The van der Waals surface area contributed by atoms with Gasteiger partial charge in [-0.15, -0.1) is 0 Å². The van der Waals surface area contributed by atoms with Crippen LogP contribution in [0.1, 0.15) is 39.0 Å². The van der Waals surface area contributed by atoms with E-state index < -0.39 is 0 Å². The normalized spacial score (nSPS) is 37.8. The Balaban J connectivity index is 1.55. The van der Waals surface area contributed by atoms with Crippen molar-refractivity contribution in [3.8, 4) is 0 Å². The molecule has 4 fully saturated rings. The van der Waals surface area contributed by atoms with Crippen molar-refractivity contribution in [2.75, 3.05) is 13.1 Å². The van der Waals surface area contributed by atoms with Crippen LogP contribution in [-0.2, 0) is 14.4 Å². The van der Waals surface area contributed by atoms with Crippen molar-refractivity contribution in [3.05, 3.63) is 0 Å². The number of carbonyl (C=O) groups excluding carboxylic acids is 3. The van der Waals surface area contributed by atoms with E-state index >= 15 is 0 Å². The topological polar surface area (TPSA) is 69.7 Å². The van der Waals surface area contributed by atoms with Gasteiger partial charge in [-0.25, -0.2) is 0 Å². The highest BCUT2D eigenvalue weighted by atomic mass is 16.2. The second-order valence-electron chi connectivity index (χ2n) is 7.14. The molecule has 1 aliphatic carbocycles. The molecule has 0 unspecified atom stereocenters. The summed E-state index contributed by atoms with van der Waals surface area (Å²) in [5, 5.41) is 3.24. The van der Waals surface area contributed by atoms with E-state index in [2.05, 4.69) is 5.32 Å². The van der Waals surface area contributed by atoms with Crippen LogP contribution in [0.25, 0.3) is 0 Å². The van der Waals surface area contributed by atoms with Crippen LogP contribution in [0.5, 0.6) is 0 Å². The summed E-state index contributed by atoms with van der Waals surface area (Å²) < 4.78 is 0. The monoisotopic (exact) mass is 305 g/mol. The zero-order valence-corrected chi connectivity index (χ0v) is 13.0. The quantitative estimate of drug-likeness (QED) is 0.736. The summed E-state index contributed by atoms with van der Waals surface area (Å²) in [5.41, 5.74) is 0. The summed E-state index contributed by atoms with van der Waals surface area (Å²) in [6, 6.07) is -0.319. The van der Waals surface area contributed by atoms with Gasteiger partial charge in [-0.1, -0.05) is 6.92 Å². The number of hydrogen-bond acceptors (Lipinski definition) is 4. The van der Waals surface area contributed by atoms with Gasteiger partial charge >= 0.3 is 0 Å². The third-order valence-corrected chi connectivity index (χ3v) is 5.70. The number of likely N-dealkylation sites (tertiary alicyclic amines) is 2. The summed E-state index contributed by atoms with van der Waals surface area (Å²) in [6.45, 7) is 3.42. The molecule has 3 aliphatic heterocycles. The molecule has 6 nitrogen and oxygen atoms in total. The van der Waals surface area contributed by atoms with Gasteiger partial charge in [-0.2, -0.15) is 0 Å². The minimum absolute atomic E-state index is 0.00218. The smallest absolute Gasteiger partial charge is 0.240 e. The van der Waals surface area contributed by atoms with Crippen molar-refractivity contribution in [1.29, 1.82) is 0 Å². The lowest BCUT2D eigenvalue weighted by Crippen LogP contribution is -2.49. The zero-order valence-electron chi connectivity index (χ0n) is 13.0. The Labute approximate surface area is 130 Å². The highest BCUT2D eigenvalue weighted by Gasteiger charge is 2.57. The van der Waals surface area contributed by atoms with Gasteiger partial charge in [-0.05, 0) is 38.6 Å². The third kappa shape index (κ3) is 2.00. The number of hydrogen-bond donors (Lipinski definition) is 1. The van der Waals surface area contributed by atoms with Crippen molar-refractivity contribution in [2.45, 2.75) is 57.2 Å². The number of rotatable bonds is 2. The molecular formula is C16H23N3O3. The lowest BCUT2D eigenvalue weighted by Gasteiger charge is -2.28. The van der Waals surface area contributed by atoms with Crippen LogP contribution in [0, 0.1) is 11.8 Å². The molecule has 3 heterocycles. The maximum absolute atomic E-state index is 12.7. The van der Waals surface area contributed by atoms with Gasteiger partial charge < -0.3 is 10.2 Å². The average Bonchev–Trinajstić information content (AvgIpc) is 2.96. The molecule has 1 N–H and O–H groups in total. The molecule has 120 valence electrons. The molecule has 4 aliphatic rings. The summed E-state index contributed by atoms with van der Waals surface area (Å²) in [7, 11) is 0. The second-order valence-corrected chi connectivity index (χ2v) is 7.14. The molecule has 0 radical (unpaired) electrons. The fraction of sp³-hybridized carbons (Fsp3) is 0.812. The Morgan fingerprint density at radius 3 is 2.55 bits per heavy atom. The van der Waals surface area contributed by atoms with E-state index in [4.69, 9.17) is 0 Å². The standard InChI is InChI=1S/C16H23N3O3/c1-9-13-12(19(14(9)20)15(21)10-4-5-10)6-8-18(13)16(22)11-3-2-7-17-11/h9-13,17H,2-8H2,1H3/t9-,11-,12-,13+/m0/s1. The van der Waals surface area contributed by atoms with Crippen molar-refractivity contribution in [3.63, 3.8) is 0 Å². The fourth-order valence-electron chi connectivity index (χ4n) is 4.36. The van der Waals surface area contributed by atoms with Crippen LogP contribution >= 0.6 is 0 Å². The highest BCUT2D eigenvalue weighted by Crippen LogP contribution is 2.41. The first-order valence-corrected chi connectivity index (χ1v) is 8.50. The predicted molar refractivity (Wildman–Crippen MR) is 78.7 cm³/mol. The number of imide groups is 1. The fourth-order valence-corrected chi connectivity index (χ4v) is 4.36.